The van der Waals surface area contributed by atoms with Gasteiger partial charge in [-0.15, -0.1) is 0 Å². The molecule has 0 saturated heterocycles. The van der Waals surface area contributed by atoms with Crippen molar-refractivity contribution < 1.29 is 6.85 Å². The van der Waals surface area contributed by atoms with Gasteiger partial charge in [-0.2, -0.15) is 0 Å². The molecule has 0 radical (unpaired) electrons. The first-order valence-electron chi connectivity index (χ1n) is 16.5. The highest BCUT2D eigenvalue weighted by Gasteiger charge is 2.16. The van der Waals surface area contributed by atoms with Crippen molar-refractivity contribution in [2.24, 2.45) is 0 Å². The zero-order valence-corrected chi connectivity index (χ0v) is 22.9. The van der Waals surface area contributed by atoms with E-state index >= 15 is 0 Å². The molecule has 0 aliphatic carbocycles. The van der Waals surface area contributed by atoms with Gasteiger partial charge in [0.1, 0.15) is 0 Å². The lowest BCUT2D eigenvalue weighted by molar-refractivity contribution is 1.07. The maximum absolute atomic E-state index is 8.55. The topological polar surface area (TPSA) is 43.6 Å². The lowest BCUT2D eigenvalue weighted by Crippen LogP contribution is -2.00. The molecule has 0 N–H and O–H groups in total. The van der Waals surface area contributed by atoms with E-state index in [0.29, 0.717) is 22.8 Å². The minimum atomic E-state index is -0.469. The summed E-state index contributed by atoms with van der Waals surface area (Å²) in [6, 6.07) is 40.4. The van der Waals surface area contributed by atoms with Crippen LogP contribution in [0.1, 0.15) is 6.85 Å². The number of para-hydroxylation sites is 3. The molecule has 0 fully saturated rings. The zero-order chi connectivity index (χ0) is 32.9. The first kappa shape index (κ1) is 20.1. The van der Waals surface area contributed by atoms with Crippen LogP contribution in [0.3, 0.4) is 0 Å². The Labute approximate surface area is 256 Å². The molecule has 0 saturated carbocycles. The fourth-order valence-corrected chi connectivity index (χ4v) is 5.59. The first-order valence-corrected chi connectivity index (χ1v) is 14.0. The van der Waals surface area contributed by atoms with Crippen LogP contribution in [-0.2, 0) is 0 Å². The van der Waals surface area contributed by atoms with Crippen LogP contribution in [0, 0.1) is 0 Å². The second kappa shape index (κ2) is 10.5. The molecule has 0 atom stereocenters. The van der Waals surface area contributed by atoms with Crippen LogP contribution in [0.4, 0.5) is 0 Å². The van der Waals surface area contributed by atoms with Gasteiger partial charge >= 0.3 is 0 Å². The Morgan fingerprint density at radius 1 is 0.419 bits per heavy atom. The van der Waals surface area contributed by atoms with E-state index in [4.69, 9.17) is 11.8 Å². The molecule has 4 heteroatoms. The van der Waals surface area contributed by atoms with Crippen LogP contribution in [-0.4, -0.2) is 19.5 Å². The van der Waals surface area contributed by atoms with E-state index in [2.05, 4.69) is 75.2 Å². The Kier molecular flexibility index (Phi) is 4.91. The first-order chi connectivity index (χ1) is 23.4. The van der Waals surface area contributed by atoms with Crippen molar-refractivity contribution in [2.45, 2.75) is 0 Å². The van der Waals surface area contributed by atoms with Crippen LogP contribution in [0.5, 0.6) is 0 Å². The Hall–Kier alpha value is -5.87. The number of aromatic nitrogens is 4. The molecule has 0 bridgehead atoms. The third kappa shape index (κ3) is 4.46. The largest absolute Gasteiger partial charge is 0.309 e. The molecule has 0 amide bonds. The molecule has 6 aromatic carbocycles. The van der Waals surface area contributed by atoms with Crippen molar-refractivity contribution >= 4 is 21.8 Å². The summed E-state index contributed by atoms with van der Waals surface area (Å²) < 4.78 is 43.8. The summed E-state index contributed by atoms with van der Waals surface area (Å²) in [5.41, 5.74) is 6.70. The van der Waals surface area contributed by atoms with Crippen molar-refractivity contribution in [2.75, 3.05) is 0 Å². The number of rotatable bonds is 5. The smallest absolute Gasteiger partial charge is 0.164 e. The SMILES string of the molecule is [2H]c1c([2H])c([2H])c(-c2nc(-c3ccccc3)nc(-c3ccc(-c4ccccc4-n4c5ccccc5c5ccccc54)cc3)n2)c([2H])c1[2H]. The van der Waals surface area contributed by atoms with Crippen molar-refractivity contribution in [3.05, 3.63) is 158 Å². The van der Waals surface area contributed by atoms with E-state index < -0.39 is 18.1 Å². The van der Waals surface area contributed by atoms with Gasteiger partial charge in [0.2, 0.25) is 0 Å². The Balaban J connectivity index is 1.27. The maximum atomic E-state index is 8.55. The summed E-state index contributed by atoms with van der Waals surface area (Å²) in [6.45, 7) is 0. The van der Waals surface area contributed by atoms with Crippen molar-refractivity contribution in [3.8, 4) is 51.0 Å². The highest BCUT2D eigenvalue weighted by atomic mass is 15.0. The second-order valence-electron chi connectivity index (χ2n) is 10.1. The fraction of sp³-hybridized carbons (Fsp3) is 0. The molecule has 202 valence electrons. The lowest BCUT2D eigenvalue weighted by atomic mass is 10.0. The number of fused-ring (bicyclic) bond motifs is 3. The van der Waals surface area contributed by atoms with E-state index in [1.165, 1.54) is 10.8 Å². The molecule has 43 heavy (non-hydrogen) atoms. The van der Waals surface area contributed by atoms with E-state index in [1.54, 1.807) is 0 Å². The van der Waals surface area contributed by atoms with Crippen molar-refractivity contribution in [1.82, 2.24) is 19.5 Å². The van der Waals surface area contributed by atoms with Crippen molar-refractivity contribution in [1.29, 1.82) is 0 Å². The zero-order valence-electron chi connectivity index (χ0n) is 27.9. The molecule has 2 aromatic heterocycles. The lowest BCUT2D eigenvalue weighted by Gasteiger charge is -2.14. The number of hydrogen-bond donors (Lipinski definition) is 0. The van der Waals surface area contributed by atoms with Crippen LogP contribution in [0.2, 0.25) is 0 Å². The summed E-state index contributed by atoms with van der Waals surface area (Å²) >= 11 is 0. The third-order valence-electron chi connectivity index (χ3n) is 7.57. The molecule has 0 unspecified atom stereocenters. The van der Waals surface area contributed by atoms with Gasteiger partial charge in [-0.05, 0) is 23.8 Å². The van der Waals surface area contributed by atoms with E-state index in [1.807, 2.05) is 66.7 Å². The van der Waals surface area contributed by atoms with Gasteiger partial charge in [0.25, 0.3) is 0 Å². The van der Waals surface area contributed by atoms with E-state index in [-0.39, 0.29) is 23.5 Å². The molecule has 0 aliphatic rings. The van der Waals surface area contributed by atoms with Crippen molar-refractivity contribution in [3.63, 3.8) is 0 Å². The van der Waals surface area contributed by atoms with Crippen LogP contribution in [0.25, 0.3) is 72.8 Å². The normalized spacial score (nSPS) is 12.9. The highest BCUT2D eigenvalue weighted by molar-refractivity contribution is 6.09. The molecular formula is C39H26N4. The minimum absolute atomic E-state index is 0.0108. The second-order valence-corrected chi connectivity index (χ2v) is 10.1. The standard InChI is InChI=1S/C39H26N4/c1-3-13-28(14-4-1)37-40-38(29-15-5-2-6-16-29)42-39(41-37)30-25-23-27(24-26-30)31-17-7-10-20-34(31)43-35-21-11-8-18-32(35)33-19-9-12-22-36(33)43/h1-26H/i1D,3D,4D,13D,14D. The third-order valence-corrected chi connectivity index (χ3v) is 7.57. The highest BCUT2D eigenvalue weighted by Crippen LogP contribution is 2.36. The quantitative estimate of drug-likeness (QED) is 0.212. The molecule has 8 rings (SSSR count). The van der Waals surface area contributed by atoms with Gasteiger partial charge in [-0.3, -0.25) is 0 Å². The summed E-state index contributed by atoms with van der Waals surface area (Å²) in [7, 11) is 0. The molecular weight excluding hydrogens is 524 g/mol. The van der Waals surface area contributed by atoms with Crippen LogP contribution < -0.4 is 0 Å². The summed E-state index contributed by atoms with van der Waals surface area (Å²) in [6.07, 6.45) is 0. The summed E-state index contributed by atoms with van der Waals surface area (Å²) in [4.78, 5) is 14.0. The monoisotopic (exact) mass is 555 g/mol. The van der Waals surface area contributed by atoms with E-state index in [0.717, 1.165) is 27.8 Å². The number of benzene rings is 6. The van der Waals surface area contributed by atoms with Gasteiger partial charge in [-0.1, -0.05) is 139 Å². The van der Waals surface area contributed by atoms with Crippen LogP contribution in [0.15, 0.2) is 158 Å². The predicted octanol–water partition coefficient (Wildman–Crippen LogP) is 9.64. The van der Waals surface area contributed by atoms with Gasteiger partial charge in [0, 0.05) is 33.0 Å². The Morgan fingerprint density at radius 2 is 0.907 bits per heavy atom. The Morgan fingerprint density at radius 3 is 1.56 bits per heavy atom. The number of hydrogen-bond acceptors (Lipinski definition) is 3. The molecule has 8 aromatic rings. The molecule has 0 spiro atoms. The summed E-state index contributed by atoms with van der Waals surface area (Å²) in [5.74, 6) is 0.674. The molecule has 2 heterocycles. The average molecular weight is 556 g/mol. The van der Waals surface area contributed by atoms with Gasteiger partial charge in [-0.25, -0.2) is 15.0 Å². The average Bonchev–Trinajstić information content (AvgIpc) is 3.48. The van der Waals surface area contributed by atoms with Gasteiger partial charge in [0.05, 0.1) is 23.6 Å². The molecule has 4 nitrogen and oxygen atoms in total. The minimum Gasteiger partial charge on any atom is -0.309 e. The maximum Gasteiger partial charge on any atom is 0.164 e. The molecule has 0 aliphatic heterocycles. The summed E-state index contributed by atoms with van der Waals surface area (Å²) in [5, 5.41) is 2.38. The van der Waals surface area contributed by atoms with Gasteiger partial charge < -0.3 is 4.57 Å². The fourth-order valence-electron chi connectivity index (χ4n) is 5.59. The van der Waals surface area contributed by atoms with E-state index in [9.17, 15) is 0 Å². The van der Waals surface area contributed by atoms with Crippen LogP contribution >= 0.6 is 0 Å². The predicted molar refractivity (Wildman–Crippen MR) is 176 cm³/mol. The number of nitrogens with zero attached hydrogens (tertiary/aromatic N) is 4. The van der Waals surface area contributed by atoms with Gasteiger partial charge in [0.15, 0.2) is 17.5 Å². The Bertz CT molecular complexity index is 2430.